The van der Waals surface area contributed by atoms with E-state index in [1.54, 1.807) is 0 Å². The van der Waals surface area contributed by atoms with Crippen LogP contribution in [0.3, 0.4) is 0 Å². The molecular formula is C11H20N2O. The summed E-state index contributed by atoms with van der Waals surface area (Å²) in [7, 11) is 0. The Labute approximate surface area is 85.8 Å². The number of amides is 2. The first-order chi connectivity index (χ1) is 6.70. The molecule has 1 saturated heterocycles. The molecule has 1 saturated carbocycles. The molecule has 1 N–H and O–H groups in total. The quantitative estimate of drug-likeness (QED) is 0.734. The van der Waals surface area contributed by atoms with E-state index in [-0.39, 0.29) is 6.03 Å². The highest BCUT2D eigenvalue weighted by Crippen LogP contribution is 2.39. The highest BCUT2D eigenvalue weighted by molar-refractivity contribution is 5.75. The van der Waals surface area contributed by atoms with Crippen LogP contribution < -0.4 is 5.32 Å². The second kappa shape index (κ2) is 3.79. The van der Waals surface area contributed by atoms with Gasteiger partial charge in [0.25, 0.3) is 0 Å². The van der Waals surface area contributed by atoms with E-state index in [0.717, 1.165) is 25.4 Å². The number of nitrogens with one attached hydrogen (secondary N) is 1. The van der Waals surface area contributed by atoms with Gasteiger partial charge in [0.2, 0.25) is 0 Å². The molecule has 3 heteroatoms. The third kappa shape index (κ3) is 1.86. The lowest BCUT2D eigenvalue weighted by Gasteiger charge is -2.37. The smallest absolute Gasteiger partial charge is 0.317 e. The zero-order valence-electron chi connectivity index (χ0n) is 9.12. The van der Waals surface area contributed by atoms with E-state index >= 15 is 0 Å². The number of carbonyl (C=O) groups excluding carboxylic acids is 1. The Morgan fingerprint density at radius 3 is 2.64 bits per heavy atom. The zero-order chi connectivity index (χ0) is 10.1. The van der Waals surface area contributed by atoms with E-state index < -0.39 is 0 Å². The maximum atomic E-state index is 11.7. The predicted octanol–water partition coefficient (Wildman–Crippen LogP) is 1.84. The highest BCUT2D eigenvalue weighted by Gasteiger charge is 2.39. The standard InChI is InChI=1S/C11H20N2O/c1-8(2)10(9-4-5-9)13-7-3-6-12-11(13)14/h8-10H,3-7H2,1-2H3,(H,12,14). The van der Waals surface area contributed by atoms with Crippen molar-refractivity contribution < 1.29 is 4.79 Å². The van der Waals surface area contributed by atoms with E-state index in [2.05, 4.69) is 24.1 Å². The topological polar surface area (TPSA) is 32.3 Å². The van der Waals surface area contributed by atoms with Crippen LogP contribution in [0, 0.1) is 11.8 Å². The minimum atomic E-state index is 0.154. The summed E-state index contributed by atoms with van der Waals surface area (Å²) in [6, 6.07) is 0.636. The molecule has 0 aromatic heterocycles. The van der Waals surface area contributed by atoms with Crippen LogP contribution in [-0.2, 0) is 0 Å². The van der Waals surface area contributed by atoms with E-state index in [1.807, 2.05) is 0 Å². The van der Waals surface area contributed by atoms with Crippen molar-refractivity contribution in [3.8, 4) is 0 Å². The van der Waals surface area contributed by atoms with Gasteiger partial charge in [-0.2, -0.15) is 0 Å². The summed E-state index contributed by atoms with van der Waals surface area (Å²) in [6.07, 6.45) is 3.72. The molecule has 0 aromatic carbocycles. The van der Waals surface area contributed by atoms with E-state index in [1.165, 1.54) is 12.8 Å². The summed E-state index contributed by atoms with van der Waals surface area (Å²) in [4.78, 5) is 13.7. The fourth-order valence-corrected chi connectivity index (χ4v) is 2.53. The van der Waals surface area contributed by atoms with Crippen molar-refractivity contribution in [2.45, 2.75) is 39.2 Å². The monoisotopic (exact) mass is 196 g/mol. The first-order valence-electron chi connectivity index (χ1n) is 5.74. The fourth-order valence-electron chi connectivity index (χ4n) is 2.53. The maximum absolute atomic E-state index is 11.7. The molecule has 0 aromatic rings. The molecule has 0 spiro atoms. The van der Waals surface area contributed by atoms with Gasteiger partial charge >= 0.3 is 6.03 Å². The lowest BCUT2D eigenvalue weighted by molar-refractivity contribution is 0.130. The molecule has 1 atom stereocenters. The number of hydrogen-bond donors (Lipinski definition) is 1. The molecule has 1 heterocycles. The van der Waals surface area contributed by atoms with Crippen LogP contribution in [0.15, 0.2) is 0 Å². The molecule has 2 amide bonds. The van der Waals surface area contributed by atoms with Gasteiger partial charge in [-0.15, -0.1) is 0 Å². The Morgan fingerprint density at radius 1 is 1.43 bits per heavy atom. The Hall–Kier alpha value is -0.730. The minimum Gasteiger partial charge on any atom is -0.338 e. The van der Waals surface area contributed by atoms with Gasteiger partial charge in [-0.1, -0.05) is 13.8 Å². The van der Waals surface area contributed by atoms with Gasteiger partial charge in [-0.25, -0.2) is 4.79 Å². The van der Waals surface area contributed by atoms with Crippen LogP contribution in [-0.4, -0.2) is 30.1 Å². The third-order valence-corrected chi connectivity index (χ3v) is 3.26. The molecule has 0 radical (unpaired) electrons. The summed E-state index contributed by atoms with van der Waals surface area (Å²) >= 11 is 0. The number of carbonyl (C=O) groups is 1. The van der Waals surface area contributed by atoms with Crippen molar-refractivity contribution in [1.82, 2.24) is 10.2 Å². The largest absolute Gasteiger partial charge is 0.338 e. The average molecular weight is 196 g/mol. The summed E-state index contributed by atoms with van der Waals surface area (Å²) in [5, 5.41) is 2.94. The Bertz CT molecular complexity index is 221. The van der Waals surface area contributed by atoms with Crippen molar-refractivity contribution in [3.63, 3.8) is 0 Å². The molecule has 3 nitrogen and oxygen atoms in total. The second-order valence-corrected chi connectivity index (χ2v) is 4.85. The van der Waals surface area contributed by atoms with Gasteiger partial charge in [0, 0.05) is 19.1 Å². The van der Waals surface area contributed by atoms with Crippen LogP contribution in [0.2, 0.25) is 0 Å². The first-order valence-corrected chi connectivity index (χ1v) is 5.74. The molecule has 1 aliphatic carbocycles. The van der Waals surface area contributed by atoms with E-state index in [9.17, 15) is 4.79 Å². The van der Waals surface area contributed by atoms with Gasteiger partial charge in [0.1, 0.15) is 0 Å². The van der Waals surface area contributed by atoms with Crippen molar-refractivity contribution in [2.24, 2.45) is 11.8 Å². The second-order valence-electron chi connectivity index (χ2n) is 4.85. The fraction of sp³-hybridized carbons (Fsp3) is 0.909. The number of nitrogens with zero attached hydrogens (tertiary/aromatic N) is 1. The lowest BCUT2D eigenvalue weighted by atomic mass is 9.97. The van der Waals surface area contributed by atoms with Gasteiger partial charge in [0.15, 0.2) is 0 Å². The molecule has 2 aliphatic rings. The first kappa shape index (κ1) is 9.81. The van der Waals surface area contributed by atoms with Gasteiger partial charge in [0.05, 0.1) is 0 Å². The van der Waals surface area contributed by atoms with Crippen LogP contribution >= 0.6 is 0 Å². The molecule has 80 valence electrons. The van der Waals surface area contributed by atoms with Crippen molar-refractivity contribution in [2.75, 3.05) is 13.1 Å². The molecule has 2 rings (SSSR count). The van der Waals surface area contributed by atoms with Crippen LogP contribution in [0.4, 0.5) is 4.79 Å². The summed E-state index contributed by atoms with van der Waals surface area (Å²) in [6.45, 7) is 6.26. The van der Waals surface area contributed by atoms with E-state index in [0.29, 0.717) is 12.0 Å². The predicted molar refractivity (Wildman–Crippen MR) is 56.1 cm³/mol. The normalized spacial score (nSPS) is 25.1. The van der Waals surface area contributed by atoms with Gasteiger partial charge in [-0.3, -0.25) is 0 Å². The van der Waals surface area contributed by atoms with E-state index in [4.69, 9.17) is 0 Å². The Balaban J connectivity index is 2.04. The zero-order valence-corrected chi connectivity index (χ0v) is 9.12. The lowest BCUT2D eigenvalue weighted by Crippen LogP contribution is -2.53. The van der Waals surface area contributed by atoms with Crippen molar-refractivity contribution >= 4 is 6.03 Å². The molecule has 1 unspecified atom stereocenters. The van der Waals surface area contributed by atoms with Crippen LogP contribution in [0.25, 0.3) is 0 Å². The van der Waals surface area contributed by atoms with Gasteiger partial charge in [-0.05, 0) is 31.1 Å². The van der Waals surface area contributed by atoms with Crippen LogP contribution in [0.5, 0.6) is 0 Å². The number of hydrogen-bond acceptors (Lipinski definition) is 1. The molecule has 14 heavy (non-hydrogen) atoms. The molecule has 0 bridgehead atoms. The number of rotatable bonds is 3. The van der Waals surface area contributed by atoms with Crippen molar-refractivity contribution in [3.05, 3.63) is 0 Å². The number of urea groups is 1. The van der Waals surface area contributed by atoms with Crippen LogP contribution in [0.1, 0.15) is 33.1 Å². The average Bonchev–Trinajstić information content (AvgIpc) is 2.92. The van der Waals surface area contributed by atoms with Crippen molar-refractivity contribution in [1.29, 1.82) is 0 Å². The molecular weight excluding hydrogens is 176 g/mol. The molecule has 2 fully saturated rings. The highest BCUT2D eigenvalue weighted by atomic mass is 16.2. The summed E-state index contributed by atoms with van der Waals surface area (Å²) in [5.41, 5.74) is 0. The summed E-state index contributed by atoms with van der Waals surface area (Å²) in [5.74, 6) is 1.37. The van der Waals surface area contributed by atoms with Gasteiger partial charge < -0.3 is 10.2 Å². The third-order valence-electron chi connectivity index (χ3n) is 3.26. The Kier molecular flexibility index (Phi) is 2.66. The SMILES string of the molecule is CC(C)C(C1CC1)N1CCCNC1=O. The molecule has 1 aliphatic heterocycles. The Morgan fingerprint density at radius 2 is 2.14 bits per heavy atom. The maximum Gasteiger partial charge on any atom is 0.317 e. The summed E-state index contributed by atoms with van der Waals surface area (Å²) < 4.78 is 0. The minimum absolute atomic E-state index is 0.154.